The maximum absolute atomic E-state index is 11.3. The first-order valence-electron chi connectivity index (χ1n) is 6.04. The Morgan fingerprint density at radius 3 is 2.60 bits per heavy atom. The molecule has 0 aliphatic heterocycles. The standard InChI is InChI=1S/C12H23NO2/c1-4-9(5-2)13-10-7-6-8-12(10,3)11(14)15/h9-10,13H,4-8H2,1-3H3,(H,14,15). The first kappa shape index (κ1) is 12.5. The summed E-state index contributed by atoms with van der Waals surface area (Å²) < 4.78 is 0. The SMILES string of the molecule is CCC(CC)NC1CCCC1(C)C(=O)O. The van der Waals surface area contributed by atoms with Crippen LogP contribution in [0.5, 0.6) is 0 Å². The van der Waals surface area contributed by atoms with E-state index in [1.165, 1.54) is 0 Å². The Bertz CT molecular complexity index is 226. The normalized spacial score (nSPS) is 31.1. The largest absolute Gasteiger partial charge is 0.481 e. The van der Waals surface area contributed by atoms with Crippen molar-refractivity contribution in [1.82, 2.24) is 5.32 Å². The molecule has 0 aromatic carbocycles. The van der Waals surface area contributed by atoms with E-state index in [1.807, 2.05) is 6.92 Å². The van der Waals surface area contributed by atoms with E-state index in [-0.39, 0.29) is 6.04 Å². The molecule has 2 unspecified atom stereocenters. The first-order chi connectivity index (χ1) is 7.04. The van der Waals surface area contributed by atoms with E-state index < -0.39 is 11.4 Å². The molecule has 0 aromatic rings. The highest BCUT2D eigenvalue weighted by Crippen LogP contribution is 2.38. The van der Waals surface area contributed by atoms with Gasteiger partial charge in [-0.2, -0.15) is 0 Å². The highest BCUT2D eigenvalue weighted by molar-refractivity contribution is 5.75. The van der Waals surface area contributed by atoms with Gasteiger partial charge >= 0.3 is 5.97 Å². The molecular weight excluding hydrogens is 190 g/mol. The highest BCUT2D eigenvalue weighted by Gasteiger charge is 2.45. The summed E-state index contributed by atoms with van der Waals surface area (Å²) in [6, 6.07) is 0.617. The van der Waals surface area contributed by atoms with Gasteiger partial charge in [-0.25, -0.2) is 0 Å². The molecule has 0 aromatic heterocycles. The molecule has 1 rings (SSSR count). The zero-order chi connectivity index (χ0) is 11.5. The van der Waals surface area contributed by atoms with Gasteiger partial charge in [0.25, 0.3) is 0 Å². The Kier molecular flexibility index (Phi) is 4.14. The minimum Gasteiger partial charge on any atom is -0.481 e. The summed E-state index contributed by atoms with van der Waals surface area (Å²) in [7, 11) is 0. The zero-order valence-corrected chi connectivity index (χ0v) is 10.0. The molecule has 0 heterocycles. The topological polar surface area (TPSA) is 49.3 Å². The van der Waals surface area contributed by atoms with Gasteiger partial charge in [-0.05, 0) is 32.6 Å². The van der Waals surface area contributed by atoms with E-state index in [9.17, 15) is 9.90 Å². The molecule has 1 saturated carbocycles. The average Bonchev–Trinajstić information content (AvgIpc) is 2.58. The van der Waals surface area contributed by atoms with Crippen LogP contribution in [0, 0.1) is 5.41 Å². The summed E-state index contributed by atoms with van der Waals surface area (Å²) in [6.07, 6.45) is 4.98. The number of aliphatic carboxylic acids is 1. The number of carboxylic acids is 1. The lowest BCUT2D eigenvalue weighted by Crippen LogP contribution is -2.48. The third-order valence-corrected chi connectivity index (χ3v) is 3.87. The minimum absolute atomic E-state index is 0.153. The molecule has 0 saturated heterocycles. The number of rotatable bonds is 5. The zero-order valence-electron chi connectivity index (χ0n) is 10.0. The predicted octanol–water partition coefficient (Wildman–Crippen LogP) is 2.41. The Morgan fingerprint density at radius 2 is 2.13 bits per heavy atom. The van der Waals surface area contributed by atoms with Crippen LogP contribution in [0.3, 0.4) is 0 Å². The van der Waals surface area contributed by atoms with Crippen molar-refractivity contribution in [2.45, 2.75) is 65.0 Å². The van der Waals surface area contributed by atoms with Crippen molar-refractivity contribution in [2.75, 3.05) is 0 Å². The Morgan fingerprint density at radius 1 is 1.53 bits per heavy atom. The average molecular weight is 213 g/mol. The minimum atomic E-state index is -0.650. The van der Waals surface area contributed by atoms with Gasteiger partial charge in [0, 0.05) is 12.1 Å². The fourth-order valence-corrected chi connectivity index (χ4v) is 2.50. The van der Waals surface area contributed by atoms with Crippen molar-refractivity contribution >= 4 is 5.97 Å². The molecule has 0 radical (unpaired) electrons. The molecule has 2 N–H and O–H groups in total. The maximum atomic E-state index is 11.3. The number of hydrogen-bond donors (Lipinski definition) is 2. The summed E-state index contributed by atoms with van der Waals surface area (Å²) in [6.45, 7) is 6.17. The lowest BCUT2D eigenvalue weighted by molar-refractivity contribution is -0.148. The van der Waals surface area contributed by atoms with E-state index in [0.717, 1.165) is 32.1 Å². The Balaban J connectivity index is 2.64. The smallest absolute Gasteiger partial charge is 0.310 e. The van der Waals surface area contributed by atoms with E-state index >= 15 is 0 Å². The summed E-state index contributed by atoms with van der Waals surface area (Å²) in [5.74, 6) is -0.650. The molecule has 2 atom stereocenters. The second-order valence-electron chi connectivity index (χ2n) is 4.85. The van der Waals surface area contributed by atoms with Crippen molar-refractivity contribution in [3.63, 3.8) is 0 Å². The van der Waals surface area contributed by atoms with Crippen LogP contribution in [0.15, 0.2) is 0 Å². The molecular formula is C12H23NO2. The molecule has 0 bridgehead atoms. The summed E-state index contributed by atoms with van der Waals surface area (Å²) in [5.41, 5.74) is -0.553. The number of hydrogen-bond acceptors (Lipinski definition) is 2. The predicted molar refractivity (Wildman–Crippen MR) is 60.9 cm³/mol. The third-order valence-electron chi connectivity index (χ3n) is 3.87. The molecule has 3 heteroatoms. The van der Waals surface area contributed by atoms with Crippen LogP contribution in [-0.2, 0) is 4.79 Å². The van der Waals surface area contributed by atoms with E-state index in [0.29, 0.717) is 6.04 Å². The van der Waals surface area contributed by atoms with E-state index in [4.69, 9.17) is 0 Å². The van der Waals surface area contributed by atoms with Gasteiger partial charge in [0.15, 0.2) is 0 Å². The molecule has 0 spiro atoms. The molecule has 1 fully saturated rings. The summed E-state index contributed by atoms with van der Waals surface area (Å²) in [5, 5.41) is 12.8. The van der Waals surface area contributed by atoms with Crippen LogP contribution in [0.25, 0.3) is 0 Å². The van der Waals surface area contributed by atoms with Crippen LogP contribution in [0.2, 0.25) is 0 Å². The van der Waals surface area contributed by atoms with E-state index in [2.05, 4.69) is 19.2 Å². The van der Waals surface area contributed by atoms with Gasteiger partial charge in [-0.3, -0.25) is 4.79 Å². The van der Waals surface area contributed by atoms with Crippen molar-refractivity contribution in [3.8, 4) is 0 Å². The Labute approximate surface area is 92.3 Å². The van der Waals surface area contributed by atoms with Gasteiger partial charge < -0.3 is 10.4 Å². The molecule has 3 nitrogen and oxygen atoms in total. The van der Waals surface area contributed by atoms with Gasteiger partial charge in [0.05, 0.1) is 5.41 Å². The third kappa shape index (κ3) is 2.51. The number of carboxylic acid groups (broad SMARTS) is 1. The van der Waals surface area contributed by atoms with Crippen molar-refractivity contribution in [2.24, 2.45) is 5.41 Å². The monoisotopic (exact) mass is 213 g/mol. The second kappa shape index (κ2) is 4.97. The van der Waals surface area contributed by atoms with Gasteiger partial charge in [0.1, 0.15) is 0 Å². The molecule has 1 aliphatic carbocycles. The quantitative estimate of drug-likeness (QED) is 0.737. The second-order valence-corrected chi connectivity index (χ2v) is 4.85. The molecule has 15 heavy (non-hydrogen) atoms. The van der Waals surface area contributed by atoms with Crippen molar-refractivity contribution in [1.29, 1.82) is 0 Å². The number of nitrogens with one attached hydrogen (secondary N) is 1. The lowest BCUT2D eigenvalue weighted by atomic mass is 9.84. The molecule has 88 valence electrons. The molecule has 0 amide bonds. The maximum Gasteiger partial charge on any atom is 0.310 e. The van der Waals surface area contributed by atoms with Gasteiger partial charge in [0.2, 0.25) is 0 Å². The van der Waals surface area contributed by atoms with Gasteiger partial charge in [-0.1, -0.05) is 20.3 Å². The van der Waals surface area contributed by atoms with Crippen molar-refractivity contribution < 1.29 is 9.90 Å². The molecule has 1 aliphatic rings. The van der Waals surface area contributed by atoms with Crippen LogP contribution < -0.4 is 5.32 Å². The highest BCUT2D eigenvalue weighted by atomic mass is 16.4. The number of carbonyl (C=O) groups is 1. The van der Waals surface area contributed by atoms with Crippen LogP contribution >= 0.6 is 0 Å². The van der Waals surface area contributed by atoms with Crippen LogP contribution in [-0.4, -0.2) is 23.2 Å². The fraction of sp³-hybridized carbons (Fsp3) is 0.917. The van der Waals surface area contributed by atoms with E-state index in [1.54, 1.807) is 0 Å². The Hall–Kier alpha value is -0.570. The lowest BCUT2D eigenvalue weighted by Gasteiger charge is -2.31. The summed E-state index contributed by atoms with van der Waals surface area (Å²) in [4.78, 5) is 11.3. The van der Waals surface area contributed by atoms with Crippen LogP contribution in [0.1, 0.15) is 52.9 Å². The van der Waals surface area contributed by atoms with Gasteiger partial charge in [-0.15, -0.1) is 0 Å². The first-order valence-corrected chi connectivity index (χ1v) is 6.04. The van der Waals surface area contributed by atoms with Crippen molar-refractivity contribution in [3.05, 3.63) is 0 Å². The van der Waals surface area contributed by atoms with Crippen LogP contribution in [0.4, 0.5) is 0 Å². The fourth-order valence-electron chi connectivity index (χ4n) is 2.50. The summed E-state index contributed by atoms with van der Waals surface area (Å²) >= 11 is 0.